The number of oxazole rings is 1. The number of alkyl halides is 1. The van der Waals surface area contributed by atoms with Gasteiger partial charge in [-0.1, -0.05) is 13.0 Å². The number of halogens is 1. The normalized spacial score (nSPS) is 20.2. The van der Waals surface area contributed by atoms with E-state index in [0.29, 0.717) is 12.1 Å². The first-order chi connectivity index (χ1) is 10.2. The van der Waals surface area contributed by atoms with Crippen LogP contribution in [0.15, 0.2) is 27.4 Å². The molecule has 0 amide bonds. The average Bonchev–Trinajstić information content (AvgIpc) is 3.07. The van der Waals surface area contributed by atoms with E-state index in [4.69, 9.17) is 20.8 Å². The summed E-state index contributed by atoms with van der Waals surface area (Å²) < 4.78 is 12.6. The number of hydrogen-bond acceptors (Lipinski definition) is 3. The van der Waals surface area contributed by atoms with E-state index in [1.807, 2.05) is 25.1 Å². The van der Waals surface area contributed by atoms with Crippen molar-refractivity contribution in [1.29, 1.82) is 0 Å². The van der Waals surface area contributed by atoms with Crippen LogP contribution in [0.2, 0.25) is 0 Å². The summed E-state index contributed by atoms with van der Waals surface area (Å²) in [6.07, 6.45) is 4.13. The van der Waals surface area contributed by atoms with E-state index in [9.17, 15) is 4.79 Å². The highest BCUT2D eigenvalue weighted by atomic mass is 35.5. The van der Waals surface area contributed by atoms with Gasteiger partial charge in [-0.15, -0.1) is 11.6 Å². The molecule has 3 rings (SSSR count). The predicted octanol–water partition coefficient (Wildman–Crippen LogP) is 3.85. The maximum Gasteiger partial charge on any atom is 0.419 e. The Labute approximate surface area is 128 Å². The lowest BCUT2D eigenvalue weighted by Gasteiger charge is -2.14. The summed E-state index contributed by atoms with van der Waals surface area (Å²) in [6, 6.07) is 5.79. The van der Waals surface area contributed by atoms with Crippen LogP contribution in [0, 0.1) is 0 Å². The molecular weight excluding hydrogens is 290 g/mol. The molecule has 1 saturated heterocycles. The van der Waals surface area contributed by atoms with Crippen molar-refractivity contribution in [3.05, 3.63) is 34.3 Å². The fourth-order valence-electron chi connectivity index (χ4n) is 2.91. The van der Waals surface area contributed by atoms with Crippen LogP contribution < -0.4 is 5.76 Å². The highest BCUT2D eigenvalue weighted by Gasteiger charge is 2.21. The molecule has 1 fully saturated rings. The molecule has 21 heavy (non-hydrogen) atoms. The Morgan fingerprint density at radius 1 is 1.48 bits per heavy atom. The van der Waals surface area contributed by atoms with Gasteiger partial charge in [0.1, 0.15) is 0 Å². The molecule has 0 N–H and O–H groups in total. The fourth-order valence-corrected chi connectivity index (χ4v) is 3.24. The van der Waals surface area contributed by atoms with Crippen molar-refractivity contribution < 1.29 is 9.15 Å². The Morgan fingerprint density at radius 3 is 3.05 bits per heavy atom. The molecule has 2 aromatic rings. The molecule has 1 aromatic heterocycles. The molecule has 0 radical (unpaired) electrons. The smallest absolute Gasteiger partial charge is 0.408 e. The lowest BCUT2D eigenvalue weighted by molar-refractivity contribution is 0.103. The van der Waals surface area contributed by atoms with E-state index >= 15 is 0 Å². The first kappa shape index (κ1) is 14.7. The molecule has 1 aromatic carbocycles. The van der Waals surface area contributed by atoms with Crippen molar-refractivity contribution in [2.75, 3.05) is 6.61 Å². The van der Waals surface area contributed by atoms with Crippen LogP contribution in [-0.2, 0) is 11.3 Å². The van der Waals surface area contributed by atoms with Gasteiger partial charge in [-0.05, 0) is 43.4 Å². The van der Waals surface area contributed by atoms with Crippen LogP contribution in [0.1, 0.15) is 43.5 Å². The van der Waals surface area contributed by atoms with Crippen molar-refractivity contribution in [1.82, 2.24) is 4.57 Å². The fraction of sp³-hybridized carbons (Fsp3) is 0.562. The third-order valence-corrected chi connectivity index (χ3v) is 4.43. The molecule has 5 heteroatoms. The van der Waals surface area contributed by atoms with Crippen LogP contribution in [0.4, 0.5) is 0 Å². The number of nitrogens with zero attached hydrogens (tertiary/aromatic N) is 1. The first-order valence-corrected chi connectivity index (χ1v) is 8.01. The van der Waals surface area contributed by atoms with Gasteiger partial charge in [0.25, 0.3) is 0 Å². The summed E-state index contributed by atoms with van der Waals surface area (Å²) >= 11 is 6.49. The van der Waals surface area contributed by atoms with Gasteiger partial charge >= 0.3 is 5.76 Å². The maximum atomic E-state index is 11.8. The molecule has 1 aliphatic rings. The van der Waals surface area contributed by atoms with E-state index in [2.05, 4.69) is 0 Å². The summed E-state index contributed by atoms with van der Waals surface area (Å²) in [5.74, 6) is -0.297. The van der Waals surface area contributed by atoms with Gasteiger partial charge in [-0.3, -0.25) is 4.57 Å². The highest BCUT2D eigenvalue weighted by molar-refractivity contribution is 6.20. The van der Waals surface area contributed by atoms with Crippen molar-refractivity contribution in [3.8, 4) is 0 Å². The Balaban J connectivity index is 1.85. The summed E-state index contributed by atoms with van der Waals surface area (Å²) in [5.41, 5.74) is 2.44. The van der Waals surface area contributed by atoms with Crippen LogP contribution in [0.25, 0.3) is 11.1 Å². The number of aromatic nitrogens is 1. The third kappa shape index (κ3) is 3.01. The van der Waals surface area contributed by atoms with Crippen LogP contribution in [0.5, 0.6) is 0 Å². The molecule has 2 atom stereocenters. The molecule has 1 aliphatic heterocycles. The predicted molar refractivity (Wildman–Crippen MR) is 83.0 cm³/mol. The Bertz CT molecular complexity index is 670. The molecular formula is C16H20ClNO3. The van der Waals surface area contributed by atoms with Crippen LogP contribution in [-0.4, -0.2) is 17.3 Å². The molecule has 0 spiro atoms. The lowest BCUT2D eigenvalue weighted by Crippen LogP contribution is -2.13. The second-order valence-electron chi connectivity index (χ2n) is 5.59. The molecule has 0 aliphatic carbocycles. The van der Waals surface area contributed by atoms with Crippen molar-refractivity contribution in [2.24, 2.45) is 0 Å². The number of aryl methyl sites for hydroxylation is 1. The van der Waals surface area contributed by atoms with Gasteiger partial charge < -0.3 is 9.15 Å². The second-order valence-corrected chi connectivity index (χ2v) is 6.11. The molecule has 4 nitrogen and oxygen atoms in total. The zero-order valence-corrected chi connectivity index (χ0v) is 12.9. The van der Waals surface area contributed by atoms with E-state index in [0.717, 1.165) is 43.4 Å². The Kier molecular flexibility index (Phi) is 4.36. The standard InChI is InChI=1S/C16H20ClNO3/c1-2-7-18-14-6-5-11(9-15(14)21-16(18)19)13(17)10-12-4-3-8-20-12/h5-6,9,12-13H,2-4,7-8,10H2,1H3. The third-order valence-electron chi connectivity index (χ3n) is 4.00. The van der Waals surface area contributed by atoms with Crippen LogP contribution >= 0.6 is 11.6 Å². The SMILES string of the molecule is CCCn1c(=O)oc2cc(C(Cl)CC3CCCO3)ccc21. The minimum atomic E-state index is -0.297. The maximum absolute atomic E-state index is 11.8. The van der Waals surface area contributed by atoms with E-state index in [1.165, 1.54) is 0 Å². The minimum Gasteiger partial charge on any atom is -0.408 e. The van der Waals surface area contributed by atoms with Gasteiger partial charge in [-0.25, -0.2) is 4.79 Å². The van der Waals surface area contributed by atoms with Gasteiger partial charge in [0.2, 0.25) is 0 Å². The van der Waals surface area contributed by atoms with E-state index < -0.39 is 0 Å². The number of benzene rings is 1. The summed E-state index contributed by atoms with van der Waals surface area (Å²) in [6.45, 7) is 3.55. The molecule has 0 bridgehead atoms. The van der Waals surface area contributed by atoms with Crippen LogP contribution in [0.3, 0.4) is 0 Å². The van der Waals surface area contributed by atoms with E-state index in [1.54, 1.807) is 4.57 Å². The zero-order valence-electron chi connectivity index (χ0n) is 12.2. The molecule has 2 heterocycles. The number of fused-ring (bicyclic) bond motifs is 1. The minimum absolute atomic E-state index is 0.114. The number of ether oxygens (including phenoxy) is 1. The summed E-state index contributed by atoms with van der Waals surface area (Å²) in [5, 5.41) is -0.114. The quantitative estimate of drug-likeness (QED) is 0.788. The van der Waals surface area contributed by atoms with Gasteiger partial charge in [-0.2, -0.15) is 0 Å². The van der Waals surface area contributed by atoms with Gasteiger partial charge in [0, 0.05) is 13.2 Å². The van der Waals surface area contributed by atoms with Crippen molar-refractivity contribution in [3.63, 3.8) is 0 Å². The largest absolute Gasteiger partial charge is 0.419 e. The van der Waals surface area contributed by atoms with Gasteiger partial charge in [0.05, 0.1) is 17.0 Å². The molecule has 0 saturated carbocycles. The number of hydrogen-bond donors (Lipinski definition) is 0. The van der Waals surface area contributed by atoms with Gasteiger partial charge in [0.15, 0.2) is 5.58 Å². The Hall–Kier alpha value is -1.26. The topological polar surface area (TPSA) is 44.4 Å². The second kappa shape index (κ2) is 6.24. The summed E-state index contributed by atoms with van der Waals surface area (Å²) in [7, 11) is 0. The van der Waals surface area contributed by atoms with Crippen molar-refractivity contribution >= 4 is 22.7 Å². The monoisotopic (exact) mass is 309 g/mol. The average molecular weight is 310 g/mol. The zero-order chi connectivity index (χ0) is 14.8. The highest BCUT2D eigenvalue weighted by Crippen LogP contribution is 2.31. The molecule has 114 valence electrons. The lowest BCUT2D eigenvalue weighted by atomic mass is 10.0. The van der Waals surface area contributed by atoms with Crippen molar-refractivity contribution in [2.45, 2.75) is 50.6 Å². The van der Waals surface area contributed by atoms with E-state index in [-0.39, 0.29) is 17.2 Å². The Morgan fingerprint density at radius 2 is 2.33 bits per heavy atom. The first-order valence-electron chi connectivity index (χ1n) is 7.58. The summed E-state index contributed by atoms with van der Waals surface area (Å²) in [4.78, 5) is 11.8. The molecule has 2 unspecified atom stereocenters. The number of rotatable bonds is 5.